The molecule has 0 N–H and O–H groups in total. The van der Waals surface area contributed by atoms with E-state index < -0.39 is 0 Å². The summed E-state index contributed by atoms with van der Waals surface area (Å²) in [7, 11) is 0. The highest BCUT2D eigenvalue weighted by Crippen LogP contribution is 2.27. The summed E-state index contributed by atoms with van der Waals surface area (Å²) in [5.41, 5.74) is 3.83. The van der Waals surface area contributed by atoms with Gasteiger partial charge in [0.05, 0.1) is 6.54 Å². The third kappa shape index (κ3) is 3.09. The van der Waals surface area contributed by atoms with Crippen LogP contribution in [0.4, 0.5) is 5.69 Å². The molecule has 0 spiro atoms. The van der Waals surface area contributed by atoms with Crippen LogP contribution in [0.2, 0.25) is 0 Å². The standard InChI is InChI=1S/C17H22N2O2/c1-13-4-5-16-14(11-13)3-2-8-19(16)12-17(21)18-9-6-15(20)7-10-18/h4-5,11H,2-3,6-10,12H2,1H3. The van der Waals surface area contributed by atoms with Gasteiger partial charge in [0.15, 0.2) is 0 Å². The lowest BCUT2D eigenvalue weighted by atomic mass is 9.99. The number of likely N-dealkylation sites (tertiary alicyclic amines) is 1. The molecule has 0 radical (unpaired) electrons. The van der Waals surface area contributed by atoms with Gasteiger partial charge < -0.3 is 9.80 Å². The summed E-state index contributed by atoms with van der Waals surface area (Å²) in [5.74, 6) is 0.425. The topological polar surface area (TPSA) is 40.6 Å². The third-order valence-electron chi connectivity index (χ3n) is 4.45. The maximum absolute atomic E-state index is 12.4. The second-order valence-corrected chi connectivity index (χ2v) is 6.08. The van der Waals surface area contributed by atoms with Crippen molar-refractivity contribution in [3.63, 3.8) is 0 Å². The fraction of sp³-hybridized carbons (Fsp3) is 0.529. The molecule has 0 unspecified atom stereocenters. The van der Waals surface area contributed by atoms with Gasteiger partial charge in [0.2, 0.25) is 5.91 Å². The lowest BCUT2D eigenvalue weighted by Crippen LogP contribution is -2.45. The second-order valence-electron chi connectivity index (χ2n) is 6.08. The number of Topliss-reactive ketones (excluding diaryl/α,β-unsaturated/α-hetero) is 1. The molecule has 1 aromatic rings. The molecule has 2 heterocycles. The fourth-order valence-corrected chi connectivity index (χ4v) is 3.24. The Hall–Kier alpha value is -1.84. The number of aryl methyl sites for hydroxylation is 2. The number of amides is 1. The van der Waals surface area contributed by atoms with Crippen LogP contribution in [-0.4, -0.2) is 42.8 Å². The molecule has 1 fully saturated rings. The number of ketones is 1. The van der Waals surface area contributed by atoms with E-state index in [0.717, 1.165) is 19.4 Å². The smallest absolute Gasteiger partial charge is 0.242 e. The largest absolute Gasteiger partial charge is 0.362 e. The number of nitrogens with zero attached hydrogens (tertiary/aromatic N) is 2. The van der Waals surface area contributed by atoms with Gasteiger partial charge in [0, 0.05) is 38.2 Å². The predicted octanol–water partition coefficient (Wildman–Crippen LogP) is 1.94. The normalized spacial score (nSPS) is 18.6. The van der Waals surface area contributed by atoms with Gasteiger partial charge in [0.1, 0.15) is 5.78 Å². The molecule has 112 valence electrons. The molecule has 21 heavy (non-hydrogen) atoms. The van der Waals surface area contributed by atoms with Crippen LogP contribution >= 0.6 is 0 Å². The van der Waals surface area contributed by atoms with Crippen molar-refractivity contribution in [3.05, 3.63) is 29.3 Å². The first-order valence-corrected chi connectivity index (χ1v) is 7.77. The number of anilines is 1. The number of carbonyl (C=O) groups is 2. The highest BCUT2D eigenvalue weighted by atomic mass is 16.2. The summed E-state index contributed by atoms with van der Waals surface area (Å²) in [5, 5.41) is 0. The van der Waals surface area contributed by atoms with E-state index in [4.69, 9.17) is 0 Å². The lowest BCUT2D eigenvalue weighted by Gasteiger charge is -2.34. The molecule has 4 heteroatoms. The van der Waals surface area contributed by atoms with Gasteiger partial charge in [-0.1, -0.05) is 17.7 Å². The first kappa shape index (κ1) is 14.1. The Morgan fingerprint density at radius 1 is 1.14 bits per heavy atom. The van der Waals surface area contributed by atoms with Crippen LogP contribution in [0.1, 0.15) is 30.4 Å². The second kappa shape index (κ2) is 5.88. The average molecular weight is 286 g/mol. The van der Waals surface area contributed by atoms with Crippen molar-refractivity contribution in [2.45, 2.75) is 32.6 Å². The van der Waals surface area contributed by atoms with E-state index in [1.165, 1.54) is 16.8 Å². The van der Waals surface area contributed by atoms with Crippen molar-refractivity contribution >= 4 is 17.4 Å². The van der Waals surface area contributed by atoms with Crippen LogP contribution < -0.4 is 4.90 Å². The minimum Gasteiger partial charge on any atom is -0.362 e. The fourth-order valence-electron chi connectivity index (χ4n) is 3.24. The van der Waals surface area contributed by atoms with Gasteiger partial charge in [0.25, 0.3) is 0 Å². The number of hydrogen-bond donors (Lipinski definition) is 0. The van der Waals surface area contributed by atoms with Gasteiger partial charge >= 0.3 is 0 Å². The first-order valence-electron chi connectivity index (χ1n) is 7.77. The molecule has 0 aromatic heterocycles. The Labute approximate surface area is 125 Å². The van der Waals surface area contributed by atoms with Crippen molar-refractivity contribution < 1.29 is 9.59 Å². The number of rotatable bonds is 2. The maximum atomic E-state index is 12.4. The Kier molecular flexibility index (Phi) is 3.95. The molecule has 3 rings (SSSR count). The van der Waals surface area contributed by atoms with Crippen molar-refractivity contribution in [1.29, 1.82) is 0 Å². The van der Waals surface area contributed by atoms with E-state index in [1.54, 1.807) is 0 Å². The van der Waals surface area contributed by atoms with Crippen molar-refractivity contribution in [3.8, 4) is 0 Å². The van der Waals surface area contributed by atoms with Gasteiger partial charge in [-0.3, -0.25) is 9.59 Å². The zero-order chi connectivity index (χ0) is 14.8. The highest BCUT2D eigenvalue weighted by Gasteiger charge is 2.24. The first-order chi connectivity index (χ1) is 10.1. The zero-order valence-electron chi connectivity index (χ0n) is 12.6. The van der Waals surface area contributed by atoms with Gasteiger partial charge in [-0.2, -0.15) is 0 Å². The van der Waals surface area contributed by atoms with Gasteiger partial charge in [-0.25, -0.2) is 0 Å². The Balaban J connectivity index is 1.69. The van der Waals surface area contributed by atoms with E-state index in [0.29, 0.717) is 32.5 Å². The number of piperidine rings is 1. The molecule has 1 saturated heterocycles. The van der Waals surface area contributed by atoms with Crippen molar-refractivity contribution in [2.75, 3.05) is 31.1 Å². The minimum atomic E-state index is 0.149. The molecule has 2 aliphatic heterocycles. The summed E-state index contributed by atoms with van der Waals surface area (Å²) in [6, 6.07) is 6.48. The van der Waals surface area contributed by atoms with Crippen LogP contribution in [0.15, 0.2) is 18.2 Å². The summed E-state index contributed by atoms with van der Waals surface area (Å²) in [4.78, 5) is 27.7. The maximum Gasteiger partial charge on any atom is 0.242 e. The molecule has 0 bridgehead atoms. The molecule has 0 atom stereocenters. The van der Waals surface area contributed by atoms with Crippen LogP contribution in [-0.2, 0) is 16.0 Å². The summed E-state index contributed by atoms with van der Waals surface area (Å²) in [6.07, 6.45) is 3.23. The number of fused-ring (bicyclic) bond motifs is 1. The molecule has 0 aliphatic carbocycles. The van der Waals surface area contributed by atoms with E-state index >= 15 is 0 Å². The summed E-state index contributed by atoms with van der Waals surface area (Å²) >= 11 is 0. The van der Waals surface area contributed by atoms with Crippen molar-refractivity contribution in [2.24, 2.45) is 0 Å². The molecule has 4 nitrogen and oxygen atoms in total. The van der Waals surface area contributed by atoms with Crippen molar-refractivity contribution in [1.82, 2.24) is 4.90 Å². The number of benzene rings is 1. The van der Waals surface area contributed by atoms with Gasteiger partial charge in [-0.05, 0) is 31.4 Å². The summed E-state index contributed by atoms with van der Waals surface area (Å²) < 4.78 is 0. The minimum absolute atomic E-state index is 0.149. The van der Waals surface area contributed by atoms with E-state index in [1.807, 2.05) is 4.90 Å². The van der Waals surface area contributed by atoms with E-state index in [-0.39, 0.29) is 11.7 Å². The molecular weight excluding hydrogens is 264 g/mol. The average Bonchev–Trinajstić information content (AvgIpc) is 2.47. The van der Waals surface area contributed by atoms with Crippen LogP contribution in [0.3, 0.4) is 0 Å². The Morgan fingerprint density at radius 3 is 2.67 bits per heavy atom. The SMILES string of the molecule is Cc1ccc2c(c1)CCCN2CC(=O)N1CCC(=O)CC1. The third-order valence-corrected chi connectivity index (χ3v) is 4.45. The zero-order valence-corrected chi connectivity index (χ0v) is 12.6. The molecule has 2 aliphatic rings. The Morgan fingerprint density at radius 2 is 1.90 bits per heavy atom. The number of carbonyl (C=O) groups excluding carboxylic acids is 2. The number of hydrogen-bond acceptors (Lipinski definition) is 3. The van der Waals surface area contributed by atoms with Crippen LogP contribution in [0, 0.1) is 6.92 Å². The van der Waals surface area contributed by atoms with Gasteiger partial charge in [-0.15, -0.1) is 0 Å². The monoisotopic (exact) mass is 286 g/mol. The van der Waals surface area contributed by atoms with Crippen LogP contribution in [0.25, 0.3) is 0 Å². The Bertz CT molecular complexity index is 558. The van der Waals surface area contributed by atoms with E-state index in [9.17, 15) is 9.59 Å². The molecule has 0 saturated carbocycles. The predicted molar refractivity (Wildman–Crippen MR) is 82.5 cm³/mol. The summed E-state index contributed by atoms with van der Waals surface area (Å²) in [6.45, 7) is 4.66. The quantitative estimate of drug-likeness (QED) is 0.834. The van der Waals surface area contributed by atoms with Crippen LogP contribution in [0.5, 0.6) is 0 Å². The molecule has 1 amide bonds. The molecule has 1 aromatic carbocycles. The molecular formula is C17H22N2O2. The van der Waals surface area contributed by atoms with E-state index in [2.05, 4.69) is 30.0 Å². The highest BCUT2D eigenvalue weighted by molar-refractivity contribution is 5.86. The lowest BCUT2D eigenvalue weighted by molar-refractivity contribution is -0.133.